The van der Waals surface area contributed by atoms with Gasteiger partial charge in [-0.2, -0.15) is 0 Å². The van der Waals surface area contributed by atoms with Gasteiger partial charge in [0, 0.05) is 30.7 Å². The molecule has 2 aromatic rings. The maximum Gasteiger partial charge on any atom is 0.271 e. The van der Waals surface area contributed by atoms with E-state index in [-0.39, 0.29) is 42.7 Å². The molecule has 9 nitrogen and oxygen atoms in total. The highest BCUT2D eigenvalue weighted by Gasteiger charge is 2.20. The molecule has 0 saturated heterocycles. The summed E-state index contributed by atoms with van der Waals surface area (Å²) in [6.07, 6.45) is 1.37. The Hall–Kier alpha value is -3.14. The summed E-state index contributed by atoms with van der Waals surface area (Å²) >= 11 is 0. The SMILES string of the molecule is COc1ccccc1C(C)NC(=O)CCCN(c1cccc([N+](=O)[O-])c1)S(C)(=O)=O. The molecule has 0 spiro atoms. The lowest BCUT2D eigenvalue weighted by atomic mass is 10.1. The first-order chi connectivity index (χ1) is 14.1. The van der Waals surface area contributed by atoms with Gasteiger partial charge in [-0.1, -0.05) is 24.3 Å². The number of non-ortho nitro benzene ring substituents is 1. The van der Waals surface area contributed by atoms with Gasteiger partial charge >= 0.3 is 0 Å². The Morgan fingerprint density at radius 3 is 2.57 bits per heavy atom. The molecular formula is C20H25N3O6S. The molecule has 0 aromatic heterocycles. The van der Waals surface area contributed by atoms with Gasteiger partial charge in [-0.05, 0) is 25.5 Å². The van der Waals surface area contributed by atoms with E-state index < -0.39 is 14.9 Å². The lowest BCUT2D eigenvalue weighted by Crippen LogP contribution is -2.32. The summed E-state index contributed by atoms with van der Waals surface area (Å²) in [7, 11) is -2.11. The Morgan fingerprint density at radius 1 is 1.23 bits per heavy atom. The normalized spacial score (nSPS) is 12.1. The number of anilines is 1. The minimum absolute atomic E-state index is 0.0243. The zero-order chi connectivity index (χ0) is 22.3. The highest BCUT2D eigenvalue weighted by atomic mass is 32.2. The average molecular weight is 436 g/mol. The standard InChI is InChI=1S/C20H25N3O6S/c1-15(18-10-4-5-11-19(18)29-2)21-20(24)12-7-13-22(30(3,27)28)16-8-6-9-17(14-16)23(25)26/h4-6,8-11,14-15H,7,12-13H2,1-3H3,(H,21,24). The van der Waals surface area contributed by atoms with E-state index in [4.69, 9.17) is 4.74 Å². The Bertz CT molecular complexity index is 1010. The van der Waals surface area contributed by atoms with E-state index >= 15 is 0 Å². The third kappa shape index (κ3) is 6.18. The zero-order valence-corrected chi connectivity index (χ0v) is 17.9. The molecule has 1 N–H and O–H groups in total. The van der Waals surface area contributed by atoms with Crippen LogP contribution >= 0.6 is 0 Å². The quantitative estimate of drug-likeness (QED) is 0.453. The van der Waals surface area contributed by atoms with Crippen molar-refractivity contribution in [3.8, 4) is 5.75 Å². The van der Waals surface area contributed by atoms with Crippen LogP contribution in [0, 0.1) is 10.1 Å². The van der Waals surface area contributed by atoms with Crippen molar-refractivity contribution in [3.63, 3.8) is 0 Å². The second kappa shape index (κ2) is 10.1. The van der Waals surface area contributed by atoms with Crippen LogP contribution in [0.5, 0.6) is 5.75 Å². The van der Waals surface area contributed by atoms with Crippen LogP contribution in [0.15, 0.2) is 48.5 Å². The number of hydrogen-bond acceptors (Lipinski definition) is 6. The minimum Gasteiger partial charge on any atom is -0.496 e. The summed E-state index contributed by atoms with van der Waals surface area (Å²) < 4.78 is 30.7. The van der Waals surface area contributed by atoms with Gasteiger partial charge in [0.2, 0.25) is 15.9 Å². The number of hydrogen-bond donors (Lipinski definition) is 1. The third-order valence-corrected chi connectivity index (χ3v) is 5.67. The number of benzene rings is 2. The number of nitro benzene ring substituents is 1. The first-order valence-electron chi connectivity index (χ1n) is 9.28. The molecule has 0 heterocycles. The summed E-state index contributed by atoms with van der Waals surface area (Å²) in [6.45, 7) is 1.86. The Labute approximate surface area is 175 Å². The van der Waals surface area contributed by atoms with Crippen LogP contribution in [0.1, 0.15) is 31.4 Å². The van der Waals surface area contributed by atoms with Crippen molar-refractivity contribution in [2.24, 2.45) is 0 Å². The molecule has 1 unspecified atom stereocenters. The molecule has 10 heteroatoms. The van der Waals surface area contributed by atoms with Gasteiger partial charge in [0.1, 0.15) is 5.75 Å². The van der Waals surface area contributed by atoms with E-state index in [1.807, 2.05) is 25.1 Å². The average Bonchev–Trinajstić information content (AvgIpc) is 2.70. The van der Waals surface area contributed by atoms with Gasteiger partial charge in [-0.15, -0.1) is 0 Å². The zero-order valence-electron chi connectivity index (χ0n) is 17.1. The van der Waals surface area contributed by atoms with E-state index in [9.17, 15) is 23.3 Å². The topological polar surface area (TPSA) is 119 Å². The molecule has 0 aliphatic heterocycles. The number of ether oxygens (including phenoxy) is 1. The number of methoxy groups -OCH3 is 1. The third-order valence-electron chi connectivity index (χ3n) is 4.48. The molecule has 30 heavy (non-hydrogen) atoms. The van der Waals surface area contributed by atoms with Gasteiger partial charge in [0.25, 0.3) is 5.69 Å². The molecule has 0 fully saturated rings. The molecule has 0 aliphatic carbocycles. The number of nitrogens with zero attached hydrogens (tertiary/aromatic N) is 2. The number of carbonyl (C=O) groups is 1. The highest BCUT2D eigenvalue weighted by molar-refractivity contribution is 7.92. The number of para-hydroxylation sites is 1. The van der Waals surface area contributed by atoms with Crippen molar-refractivity contribution < 1.29 is 22.9 Å². The first kappa shape index (κ1) is 23.1. The van der Waals surface area contributed by atoms with E-state index in [0.717, 1.165) is 16.1 Å². The van der Waals surface area contributed by atoms with Crippen LogP contribution in [-0.4, -0.2) is 39.2 Å². The molecule has 1 amide bonds. The van der Waals surface area contributed by atoms with Gasteiger partial charge in [-0.3, -0.25) is 19.2 Å². The summed E-state index contributed by atoms with van der Waals surface area (Å²) in [6, 6.07) is 12.5. The first-order valence-corrected chi connectivity index (χ1v) is 11.1. The molecule has 2 rings (SSSR count). The van der Waals surface area contributed by atoms with Crippen LogP contribution in [0.25, 0.3) is 0 Å². The number of sulfonamides is 1. The molecule has 0 radical (unpaired) electrons. The Kier molecular flexibility index (Phi) is 7.76. The Morgan fingerprint density at radius 2 is 1.93 bits per heavy atom. The van der Waals surface area contributed by atoms with E-state index in [0.29, 0.717) is 5.75 Å². The molecular weight excluding hydrogens is 410 g/mol. The van der Waals surface area contributed by atoms with Crippen molar-refractivity contribution in [1.82, 2.24) is 5.32 Å². The lowest BCUT2D eigenvalue weighted by molar-refractivity contribution is -0.384. The molecule has 2 aromatic carbocycles. The monoisotopic (exact) mass is 435 g/mol. The fourth-order valence-corrected chi connectivity index (χ4v) is 4.00. The van der Waals surface area contributed by atoms with E-state index in [2.05, 4.69) is 5.32 Å². The van der Waals surface area contributed by atoms with Crippen molar-refractivity contribution in [1.29, 1.82) is 0 Å². The number of carbonyl (C=O) groups excluding carboxylic acids is 1. The second-order valence-electron chi connectivity index (χ2n) is 6.75. The fourth-order valence-electron chi connectivity index (χ4n) is 3.05. The van der Waals surface area contributed by atoms with Crippen molar-refractivity contribution in [2.75, 3.05) is 24.2 Å². The molecule has 0 saturated carbocycles. The molecule has 0 aliphatic rings. The predicted molar refractivity (Wildman–Crippen MR) is 114 cm³/mol. The minimum atomic E-state index is -3.67. The largest absolute Gasteiger partial charge is 0.496 e. The maximum atomic E-state index is 12.3. The van der Waals surface area contributed by atoms with Crippen molar-refractivity contribution in [2.45, 2.75) is 25.8 Å². The smallest absolute Gasteiger partial charge is 0.271 e. The van der Waals surface area contributed by atoms with Crippen LogP contribution in [-0.2, 0) is 14.8 Å². The number of nitro groups is 1. The van der Waals surface area contributed by atoms with Gasteiger partial charge in [0.05, 0.1) is 30.0 Å². The van der Waals surface area contributed by atoms with Crippen LogP contribution in [0.3, 0.4) is 0 Å². The van der Waals surface area contributed by atoms with Crippen molar-refractivity contribution >= 4 is 27.3 Å². The van der Waals surface area contributed by atoms with Gasteiger partial charge in [0.15, 0.2) is 0 Å². The second-order valence-corrected chi connectivity index (χ2v) is 8.65. The van der Waals surface area contributed by atoms with Crippen molar-refractivity contribution in [3.05, 3.63) is 64.2 Å². The van der Waals surface area contributed by atoms with E-state index in [1.54, 1.807) is 13.2 Å². The lowest BCUT2D eigenvalue weighted by Gasteiger charge is -2.22. The molecule has 162 valence electrons. The van der Waals surface area contributed by atoms with Crippen LogP contribution in [0.2, 0.25) is 0 Å². The van der Waals surface area contributed by atoms with Gasteiger partial charge in [-0.25, -0.2) is 8.42 Å². The Balaban J connectivity index is 2.01. The predicted octanol–water partition coefficient (Wildman–Crippen LogP) is 3.03. The summed E-state index contributed by atoms with van der Waals surface area (Å²) in [5.41, 5.74) is 0.821. The fraction of sp³-hybridized carbons (Fsp3) is 0.350. The molecule has 1 atom stereocenters. The van der Waals surface area contributed by atoms with Gasteiger partial charge < -0.3 is 10.1 Å². The number of rotatable bonds is 10. The van der Waals surface area contributed by atoms with Crippen LogP contribution in [0.4, 0.5) is 11.4 Å². The van der Waals surface area contributed by atoms with Crippen LogP contribution < -0.4 is 14.4 Å². The summed E-state index contributed by atoms with van der Waals surface area (Å²) in [4.78, 5) is 22.7. The highest BCUT2D eigenvalue weighted by Crippen LogP contribution is 2.25. The summed E-state index contributed by atoms with van der Waals surface area (Å²) in [5.74, 6) is 0.431. The molecule has 0 bridgehead atoms. The maximum absolute atomic E-state index is 12.3. The number of amides is 1. The summed E-state index contributed by atoms with van der Waals surface area (Å²) in [5, 5.41) is 13.8. The van der Waals surface area contributed by atoms with E-state index in [1.165, 1.54) is 24.3 Å². The number of nitrogens with one attached hydrogen (secondary N) is 1.